The van der Waals surface area contributed by atoms with Crippen molar-refractivity contribution in [1.82, 2.24) is 0 Å². The highest BCUT2D eigenvalue weighted by Gasteiger charge is 2.34. The van der Waals surface area contributed by atoms with Crippen molar-refractivity contribution in [1.29, 1.82) is 0 Å². The first kappa shape index (κ1) is 28.4. The van der Waals surface area contributed by atoms with E-state index < -0.39 is 61.6 Å². The van der Waals surface area contributed by atoms with Gasteiger partial charge in [-0.1, -0.05) is 28.1 Å². The number of hydrogen-bond acceptors (Lipinski definition) is 6. The van der Waals surface area contributed by atoms with Crippen LogP contribution in [-0.2, 0) is 10.0 Å². The first-order valence-corrected chi connectivity index (χ1v) is 13.4. The van der Waals surface area contributed by atoms with E-state index in [0.29, 0.717) is 16.5 Å². The molecule has 0 amide bonds. The zero-order chi connectivity index (χ0) is 28.7. The maximum absolute atomic E-state index is 14.2. The second kappa shape index (κ2) is 10.5. The molecule has 204 valence electrons. The van der Waals surface area contributed by atoms with Crippen LogP contribution in [-0.4, -0.2) is 25.7 Å². The molecule has 0 saturated heterocycles. The Morgan fingerprint density at radius 1 is 0.974 bits per heavy atom. The molecule has 0 bridgehead atoms. The number of hydrogen-bond donors (Lipinski definition) is 2. The van der Waals surface area contributed by atoms with Gasteiger partial charge in [-0.25, -0.2) is 17.2 Å². The van der Waals surface area contributed by atoms with Crippen molar-refractivity contribution >= 4 is 48.8 Å². The van der Waals surface area contributed by atoms with E-state index in [-0.39, 0.29) is 15.0 Å². The number of sulfonamides is 1. The van der Waals surface area contributed by atoms with Gasteiger partial charge in [-0.05, 0) is 54.1 Å². The van der Waals surface area contributed by atoms with Gasteiger partial charge in [0.2, 0.25) is 11.6 Å². The molecule has 0 unspecified atom stereocenters. The van der Waals surface area contributed by atoms with Crippen LogP contribution in [0.15, 0.2) is 70.0 Å². The summed E-state index contributed by atoms with van der Waals surface area (Å²) in [5.74, 6) is -8.73. The summed E-state index contributed by atoms with van der Waals surface area (Å²) in [5.41, 5.74) is -0.589. The molecule has 0 fully saturated rings. The fourth-order valence-electron chi connectivity index (χ4n) is 3.36. The van der Waals surface area contributed by atoms with Gasteiger partial charge in [0.25, 0.3) is 10.0 Å². The van der Waals surface area contributed by atoms with Crippen molar-refractivity contribution in [2.24, 2.45) is 0 Å². The third-order valence-electron chi connectivity index (χ3n) is 5.03. The summed E-state index contributed by atoms with van der Waals surface area (Å²) >= 11 is 3.77. The van der Waals surface area contributed by atoms with Crippen LogP contribution in [0.4, 0.5) is 32.0 Å². The van der Waals surface area contributed by atoms with Gasteiger partial charge in [0, 0.05) is 15.0 Å². The predicted octanol–water partition coefficient (Wildman–Crippen LogP) is 7.23. The number of carbonyl (C=O) groups excluding carboxylic acids is 1. The Kier molecular flexibility index (Phi) is 7.69. The number of aromatic hydroxyl groups is 1. The third-order valence-corrected chi connectivity index (χ3v) is 8.07. The molecule has 1 heterocycles. The molecule has 1 aromatic heterocycles. The molecule has 39 heavy (non-hydrogen) atoms. The Morgan fingerprint density at radius 3 is 2.38 bits per heavy atom. The molecule has 0 aliphatic rings. The van der Waals surface area contributed by atoms with Gasteiger partial charge in [-0.3, -0.25) is 9.52 Å². The Labute approximate surface area is 228 Å². The number of phenolic OH excluding ortho intramolecular Hbond substituents is 1. The lowest BCUT2D eigenvalue weighted by Gasteiger charge is -2.15. The van der Waals surface area contributed by atoms with Crippen molar-refractivity contribution in [2.75, 3.05) is 4.72 Å². The summed E-state index contributed by atoms with van der Waals surface area (Å²) in [6, 6.07) is 11.6. The van der Waals surface area contributed by atoms with Gasteiger partial charge in [0.15, 0.2) is 23.1 Å². The molecule has 4 rings (SSSR count). The van der Waals surface area contributed by atoms with Crippen molar-refractivity contribution in [3.05, 3.63) is 93.0 Å². The summed E-state index contributed by atoms with van der Waals surface area (Å²) in [6.45, 7) is 0. The number of anilines is 1. The summed E-state index contributed by atoms with van der Waals surface area (Å²) in [4.78, 5) is 12.2. The molecule has 0 spiro atoms. The summed E-state index contributed by atoms with van der Waals surface area (Å²) in [7, 11) is -4.57. The van der Waals surface area contributed by atoms with E-state index in [2.05, 4.69) is 25.4 Å². The number of nitrogens with one attached hydrogen (secondary N) is 1. The van der Waals surface area contributed by atoms with Gasteiger partial charge in [0.1, 0.15) is 4.90 Å². The Bertz CT molecular complexity index is 1710. The number of ether oxygens (including phenoxy) is 1. The van der Waals surface area contributed by atoms with Gasteiger partial charge >= 0.3 is 6.36 Å². The van der Waals surface area contributed by atoms with Crippen LogP contribution in [0, 0.1) is 17.5 Å². The smallest absolute Gasteiger partial charge is 0.503 e. The van der Waals surface area contributed by atoms with Crippen LogP contribution < -0.4 is 9.46 Å². The predicted molar refractivity (Wildman–Crippen MR) is 133 cm³/mol. The van der Waals surface area contributed by atoms with Crippen LogP contribution in [0.5, 0.6) is 11.5 Å². The minimum absolute atomic E-state index is 0.0498. The van der Waals surface area contributed by atoms with Gasteiger partial charge in [-0.15, -0.1) is 24.5 Å². The number of carbonyl (C=O) groups is 1. The molecule has 3 aromatic carbocycles. The Hall–Kier alpha value is -3.56. The molecule has 0 atom stereocenters. The number of alkyl halides is 3. The molecule has 0 saturated carbocycles. The second-order valence-electron chi connectivity index (χ2n) is 7.70. The van der Waals surface area contributed by atoms with Crippen molar-refractivity contribution < 1.29 is 49.4 Å². The van der Waals surface area contributed by atoms with Crippen LogP contribution in [0.2, 0.25) is 0 Å². The number of ketones is 1. The molecule has 0 aliphatic carbocycles. The molecular formula is C24H12BrF6NO5S2. The number of rotatable bonds is 7. The maximum Gasteiger partial charge on any atom is 0.573 e. The lowest BCUT2D eigenvalue weighted by Crippen LogP contribution is -2.21. The van der Waals surface area contributed by atoms with Crippen LogP contribution in [0.25, 0.3) is 10.4 Å². The average molecular weight is 652 g/mol. The minimum atomic E-state index is -5.15. The highest BCUT2D eigenvalue weighted by Crippen LogP contribution is 2.36. The number of benzene rings is 3. The zero-order valence-corrected chi connectivity index (χ0v) is 22.0. The average Bonchev–Trinajstić information content (AvgIpc) is 3.34. The number of thiophene rings is 1. The molecule has 2 N–H and O–H groups in total. The lowest BCUT2D eigenvalue weighted by atomic mass is 10.1. The molecule has 0 radical (unpaired) electrons. The van der Waals surface area contributed by atoms with Crippen LogP contribution in [0.1, 0.15) is 15.2 Å². The summed E-state index contributed by atoms with van der Waals surface area (Å²) < 4.78 is 112. The van der Waals surface area contributed by atoms with E-state index >= 15 is 0 Å². The fraction of sp³-hybridized carbons (Fsp3) is 0.0417. The third kappa shape index (κ3) is 6.20. The van der Waals surface area contributed by atoms with E-state index in [9.17, 15) is 44.7 Å². The summed E-state index contributed by atoms with van der Waals surface area (Å²) in [5, 5.41) is 9.38. The first-order chi connectivity index (χ1) is 18.2. The molecule has 15 heteroatoms. The zero-order valence-electron chi connectivity index (χ0n) is 18.8. The highest BCUT2D eigenvalue weighted by atomic mass is 79.9. The number of halogens is 7. The maximum atomic E-state index is 14.2. The minimum Gasteiger partial charge on any atom is -0.503 e. The quantitative estimate of drug-likeness (QED) is 0.125. The fourth-order valence-corrected chi connectivity index (χ4v) is 5.81. The number of phenols is 1. The Balaban J connectivity index is 1.62. The van der Waals surface area contributed by atoms with Crippen molar-refractivity contribution in [3.8, 4) is 21.9 Å². The monoisotopic (exact) mass is 651 g/mol. The van der Waals surface area contributed by atoms with Gasteiger partial charge < -0.3 is 9.84 Å². The SMILES string of the molecule is O=C(c1ccc(-c2cccc(NS(=O)(=O)c3ccc(Br)cc3OC(F)(F)F)c2)s1)c1cc(F)c(F)c(O)c1F. The highest BCUT2D eigenvalue weighted by molar-refractivity contribution is 9.10. The molecule has 0 aliphatic heterocycles. The van der Waals surface area contributed by atoms with Crippen molar-refractivity contribution in [3.63, 3.8) is 0 Å². The Morgan fingerprint density at radius 2 is 1.69 bits per heavy atom. The topological polar surface area (TPSA) is 92.7 Å². The lowest BCUT2D eigenvalue weighted by molar-refractivity contribution is -0.275. The summed E-state index contributed by atoms with van der Waals surface area (Å²) in [6.07, 6.45) is -5.15. The molecular weight excluding hydrogens is 640 g/mol. The van der Waals surface area contributed by atoms with E-state index in [1.165, 1.54) is 42.5 Å². The van der Waals surface area contributed by atoms with Gasteiger partial charge in [0.05, 0.1) is 10.4 Å². The van der Waals surface area contributed by atoms with E-state index in [0.717, 1.165) is 23.5 Å². The van der Waals surface area contributed by atoms with Gasteiger partial charge in [-0.2, -0.15) is 4.39 Å². The first-order valence-electron chi connectivity index (χ1n) is 10.4. The normalized spacial score (nSPS) is 11.9. The van der Waals surface area contributed by atoms with E-state index in [1.54, 1.807) is 0 Å². The van der Waals surface area contributed by atoms with Crippen LogP contribution in [0.3, 0.4) is 0 Å². The van der Waals surface area contributed by atoms with Crippen LogP contribution >= 0.6 is 27.3 Å². The second-order valence-corrected chi connectivity index (χ2v) is 11.4. The van der Waals surface area contributed by atoms with E-state index in [4.69, 9.17) is 0 Å². The largest absolute Gasteiger partial charge is 0.573 e. The van der Waals surface area contributed by atoms with E-state index in [1.807, 2.05) is 0 Å². The molecule has 6 nitrogen and oxygen atoms in total. The molecule has 4 aromatic rings. The van der Waals surface area contributed by atoms with Crippen molar-refractivity contribution in [2.45, 2.75) is 11.3 Å². The standard InChI is InChI=1S/C24H12BrF6NO5S2/c25-12-4-7-19(16(9-12)37-24(29,30)31)39(35,36)32-13-3-1-2-11(8-13)17-5-6-18(38-17)22(33)14-10-15(26)21(28)23(34)20(14)27/h1-10,32,34H.